The number of hydrogen-bond acceptors (Lipinski definition) is 6. The molecule has 17 heavy (non-hydrogen) atoms. The number of carbonyl (C=O) groups is 1. The first-order chi connectivity index (χ1) is 7.86. The highest BCUT2D eigenvalue weighted by Crippen LogP contribution is 1.97. The Hall–Kier alpha value is -0.730. The summed E-state index contributed by atoms with van der Waals surface area (Å²) in [6.07, 6.45) is 2.49. The van der Waals surface area contributed by atoms with Crippen LogP contribution in [0.4, 0.5) is 0 Å². The molecule has 0 fully saturated rings. The largest absolute Gasteiger partial charge is 0.480 e. The molecule has 0 radical (unpaired) electrons. The Balaban J connectivity index is 0. The Bertz CT molecular complexity index is 189. The third kappa shape index (κ3) is 10.2. The van der Waals surface area contributed by atoms with Gasteiger partial charge >= 0.3 is 5.97 Å². The van der Waals surface area contributed by atoms with Crippen LogP contribution in [0.25, 0.3) is 0 Å². The number of aliphatic hydroxyl groups excluding tert-OH is 3. The number of aliphatic hydroxyl groups is 3. The molecular weight excluding hydrogens is 228 g/mol. The van der Waals surface area contributed by atoms with Gasteiger partial charge in [-0.15, -0.1) is 0 Å². The fourth-order valence-corrected chi connectivity index (χ4v) is 0.698. The lowest BCUT2D eigenvalue weighted by atomic mass is 10.1. The van der Waals surface area contributed by atoms with Gasteiger partial charge in [0.2, 0.25) is 0 Å². The predicted octanol–water partition coefficient (Wildman–Crippen LogP) is -1.75. The topological polar surface area (TPSA) is 150 Å². The van der Waals surface area contributed by atoms with E-state index in [0.717, 1.165) is 12.8 Å². The molecule has 0 aliphatic heterocycles. The summed E-state index contributed by atoms with van der Waals surface area (Å²) in [6.45, 7) is 0.800. The lowest BCUT2D eigenvalue weighted by molar-refractivity contribution is -0.138. The van der Waals surface area contributed by atoms with Gasteiger partial charge in [0.05, 0.1) is 25.4 Å². The highest BCUT2D eigenvalue weighted by atomic mass is 16.4. The summed E-state index contributed by atoms with van der Waals surface area (Å²) in [7, 11) is 0. The van der Waals surface area contributed by atoms with Crippen LogP contribution in [0.2, 0.25) is 0 Å². The van der Waals surface area contributed by atoms with Crippen LogP contribution in [0.5, 0.6) is 0 Å². The Morgan fingerprint density at radius 1 is 1.24 bits per heavy atom. The quantitative estimate of drug-likeness (QED) is 0.314. The predicted molar refractivity (Wildman–Crippen MR) is 63.3 cm³/mol. The van der Waals surface area contributed by atoms with E-state index in [0.29, 0.717) is 6.42 Å². The van der Waals surface area contributed by atoms with Crippen molar-refractivity contribution in [1.29, 1.82) is 0 Å². The summed E-state index contributed by atoms with van der Waals surface area (Å²) < 4.78 is 0. The lowest BCUT2D eigenvalue weighted by Gasteiger charge is -2.20. The molecule has 0 rings (SSSR count). The molecular formula is C10H24N2O5. The number of aliphatic carboxylic acids is 1. The van der Waals surface area contributed by atoms with Crippen LogP contribution in [0.15, 0.2) is 0 Å². The number of carboxylic acids is 1. The monoisotopic (exact) mass is 252 g/mol. The van der Waals surface area contributed by atoms with Crippen LogP contribution in [0.1, 0.15) is 26.2 Å². The Kier molecular flexibility index (Phi) is 11.4. The number of hydrogen-bond donors (Lipinski definition) is 6. The van der Waals surface area contributed by atoms with E-state index in [1.807, 2.05) is 6.92 Å². The van der Waals surface area contributed by atoms with Gasteiger partial charge < -0.3 is 31.9 Å². The summed E-state index contributed by atoms with van der Waals surface area (Å²) in [5.41, 5.74) is 9.14. The maximum absolute atomic E-state index is 10.1. The first kappa shape index (κ1) is 18.6. The molecule has 0 spiro atoms. The van der Waals surface area contributed by atoms with E-state index in [1.165, 1.54) is 0 Å². The first-order valence-corrected chi connectivity index (χ1v) is 5.46. The van der Waals surface area contributed by atoms with Crippen molar-refractivity contribution >= 4 is 5.97 Å². The highest BCUT2D eigenvalue weighted by molar-refractivity contribution is 5.72. The molecule has 1 unspecified atom stereocenters. The summed E-state index contributed by atoms with van der Waals surface area (Å²) in [4.78, 5) is 10.1. The van der Waals surface area contributed by atoms with E-state index >= 15 is 0 Å². The SMILES string of the molecule is CCCCC(N)C(=O)O.NC(CO)(CO)CO. The van der Waals surface area contributed by atoms with Crippen LogP contribution < -0.4 is 11.5 Å². The van der Waals surface area contributed by atoms with Crippen LogP contribution in [0, 0.1) is 0 Å². The van der Waals surface area contributed by atoms with Gasteiger partial charge in [-0.25, -0.2) is 0 Å². The molecule has 0 aliphatic rings. The third-order valence-corrected chi connectivity index (χ3v) is 2.13. The summed E-state index contributed by atoms with van der Waals surface area (Å²) in [6, 6.07) is -0.662. The Labute approximate surface area is 101 Å². The van der Waals surface area contributed by atoms with Gasteiger partial charge in [0.25, 0.3) is 0 Å². The number of nitrogens with two attached hydrogens (primary N) is 2. The van der Waals surface area contributed by atoms with E-state index in [2.05, 4.69) is 0 Å². The lowest BCUT2D eigenvalue weighted by Crippen LogP contribution is -2.50. The molecule has 7 nitrogen and oxygen atoms in total. The van der Waals surface area contributed by atoms with Crippen molar-refractivity contribution in [3.63, 3.8) is 0 Å². The molecule has 0 bridgehead atoms. The maximum Gasteiger partial charge on any atom is 0.320 e. The van der Waals surface area contributed by atoms with Gasteiger partial charge in [-0.2, -0.15) is 0 Å². The third-order valence-electron chi connectivity index (χ3n) is 2.13. The van der Waals surface area contributed by atoms with E-state index in [9.17, 15) is 4.79 Å². The molecule has 0 saturated carbocycles. The van der Waals surface area contributed by atoms with E-state index in [1.54, 1.807) is 0 Å². The van der Waals surface area contributed by atoms with Gasteiger partial charge in [0.1, 0.15) is 6.04 Å². The molecule has 0 heterocycles. The molecule has 0 aromatic carbocycles. The minimum absolute atomic E-state index is 0.403. The van der Waals surface area contributed by atoms with Crippen molar-refractivity contribution < 1.29 is 25.2 Å². The second-order valence-corrected chi connectivity index (χ2v) is 3.92. The molecule has 0 aliphatic carbocycles. The second-order valence-electron chi connectivity index (χ2n) is 3.92. The zero-order chi connectivity index (χ0) is 13.9. The molecule has 0 amide bonds. The summed E-state index contributed by atoms with van der Waals surface area (Å²) >= 11 is 0. The number of rotatable bonds is 7. The van der Waals surface area contributed by atoms with Crippen molar-refractivity contribution in [1.82, 2.24) is 0 Å². The average molecular weight is 252 g/mol. The normalized spacial score (nSPS) is 12.6. The number of carboxylic acid groups (broad SMARTS) is 1. The fraction of sp³-hybridized carbons (Fsp3) is 0.900. The molecule has 0 aromatic heterocycles. The van der Waals surface area contributed by atoms with Gasteiger partial charge in [-0.1, -0.05) is 19.8 Å². The highest BCUT2D eigenvalue weighted by Gasteiger charge is 2.20. The van der Waals surface area contributed by atoms with Gasteiger partial charge in [-0.3, -0.25) is 4.79 Å². The molecule has 0 aromatic rings. The van der Waals surface area contributed by atoms with Gasteiger partial charge in [0, 0.05) is 0 Å². The van der Waals surface area contributed by atoms with Crippen molar-refractivity contribution in [2.45, 2.75) is 37.8 Å². The summed E-state index contributed by atoms with van der Waals surface area (Å²) in [5, 5.41) is 33.3. The van der Waals surface area contributed by atoms with Crippen LogP contribution in [-0.4, -0.2) is 57.8 Å². The van der Waals surface area contributed by atoms with Crippen LogP contribution in [0.3, 0.4) is 0 Å². The van der Waals surface area contributed by atoms with E-state index in [4.69, 9.17) is 31.9 Å². The molecule has 0 saturated heterocycles. The van der Waals surface area contributed by atoms with Crippen molar-refractivity contribution in [3.8, 4) is 0 Å². The van der Waals surface area contributed by atoms with E-state index in [-0.39, 0.29) is 0 Å². The van der Waals surface area contributed by atoms with Gasteiger partial charge in [0.15, 0.2) is 0 Å². The Morgan fingerprint density at radius 3 is 1.82 bits per heavy atom. The van der Waals surface area contributed by atoms with Gasteiger partial charge in [-0.05, 0) is 6.42 Å². The molecule has 104 valence electrons. The Morgan fingerprint density at radius 2 is 1.65 bits per heavy atom. The molecule has 1 atom stereocenters. The zero-order valence-corrected chi connectivity index (χ0v) is 10.2. The minimum Gasteiger partial charge on any atom is -0.480 e. The maximum atomic E-state index is 10.1. The smallest absolute Gasteiger partial charge is 0.320 e. The molecule has 8 N–H and O–H groups in total. The van der Waals surface area contributed by atoms with Crippen LogP contribution in [-0.2, 0) is 4.79 Å². The second kappa shape index (κ2) is 10.4. The summed E-state index contributed by atoms with van der Waals surface area (Å²) in [5.74, 6) is -0.900. The van der Waals surface area contributed by atoms with Crippen molar-refractivity contribution in [2.75, 3.05) is 19.8 Å². The average Bonchev–Trinajstić information content (AvgIpc) is 2.35. The zero-order valence-electron chi connectivity index (χ0n) is 10.2. The molecule has 7 heteroatoms. The first-order valence-electron chi connectivity index (χ1n) is 5.46. The standard InChI is InChI=1S/C6H13NO2.C4H11NO3/c1-2-3-4-5(7)6(8)9;5-4(1-6,2-7)3-8/h5H,2-4,7H2,1H3,(H,8,9);6-8H,1-3,5H2. The van der Waals surface area contributed by atoms with E-state index < -0.39 is 37.4 Å². The minimum atomic E-state index is -1.21. The number of unbranched alkanes of at least 4 members (excludes halogenated alkanes) is 1. The van der Waals surface area contributed by atoms with Crippen molar-refractivity contribution in [2.24, 2.45) is 11.5 Å². The van der Waals surface area contributed by atoms with Crippen LogP contribution >= 0.6 is 0 Å². The van der Waals surface area contributed by atoms with Crippen molar-refractivity contribution in [3.05, 3.63) is 0 Å². The fourth-order valence-electron chi connectivity index (χ4n) is 0.698.